The lowest BCUT2D eigenvalue weighted by Gasteiger charge is -2.33. The van der Waals surface area contributed by atoms with E-state index in [9.17, 15) is 13.2 Å². The summed E-state index contributed by atoms with van der Waals surface area (Å²) in [6.45, 7) is 7.47. The standard InChI is InChI=1S/C19H26N2O3S/c1-4-5-6-7-19(22)20-12-14-21(15-13-20)25(23,24)18-10-8-17(9-11-18)16(2)3/h4-11,16H,12-15H2,1-3H3. The van der Waals surface area contributed by atoms with Gasteiger partial charge < -0.3 is 4.90 Å². The lowest BCUT2D eigenvalue weighted by atomic mass is 10.0. The Bertz CT molecular complexity index is 741. The summed E-state index contributed by atoms with van der Waals surface area (Å²) >= 11 is 0. The molecule has 0 aliphatic carbocycles. The molecule has 0 atom stereocenters. The van der Waals surface area contributed by atoms with Crippen molar-refractivity contribution >= 4 is 15.9 Å². The van der Waals surface area contributed by atoms with Crippen molar-refractivity contribution in [3.63, 3.8) is 0 Å². The third kappa shape index (κ3) is 4.80. The predicted molar refractivity (Wildman–Crippen MR) is 99.8 cm³/mol. The van der Waals surface area contributed by atoms with Crippen LogP contribution in [0.4, 0.5) is 0 Å². The molecular formula is C19H26N2O3S. The molecule has 1 aliphatic rings. The largest absolute Gasteiger partial charge is 0.337 e. The third-order valence-corrected chi connectivity index (χ3v) is 6.19. The molecule has 1 fully saturated rings. The highest BCUT2D eigenvalue weighted by molar-refractivity contribution is 7.89. The first-order chi connectivity index (χ1) is 11.9. The quantitative estimate of drug-likeness (QED) is 0.598. The maximum Gasteiger partial charge on any atom is 0.246 e. The highest BCUT2D eigenvalue weighted by atomic mass is 32.2. The minimum atomic E-state index is -3.51. The van der Waals surface area contributed by atoms with Crippen LogP contribution in [0.15, 0.2) is 53.5 Å². The molecule has 0 bridgehead atoms. The minimum absolute atomic E-state index is 0.0866. The smallest absolute Gasteiger partial charge is 0.246 e. The van der Waals surface area contributed by atoms with Gasteiger partial charge in [0.25, 0.3) is 0 Å². The van der Waals surface area contributed by atoms with E-state index >= 15 is 0 Å². The number of carbonyl (C=O) groups excluding carboxylic acids is 1. The number of carbonyl (C=O) groups is 1. The van der Waals surface area contributed by atoms with Crippen LogP contribution < -0.4 is 0 Å². The Kier molecular flexibility index (Phi) is 6.56. The summed E-state index contributed by atoms with van der Waals surface area (Å²) in [4.78, 5) is 14.0. The van der Waals surface area contributed by atoms with E-state index in [4.69, 9.17) is 0 Å². The molecule has 25 heavy (non-hydrogen) atoms. The number of hydrogen-bond donors (Lipinski definition) is 0. The van der Waals surface area contributed by atoms with Gasteiger partial charge in [-0.05, 0) is 30.5 Å². The Hall–Kier alpha value is -1.92. The Morgan fingerprint density at radius 1 is 1.04 bits per heavy atom. The zero-order valence-electron chi connectivity index (χ0n) is 15.1. The van der Waals surface area contributed by atoms with Gasteiger partial charge in [0.05, 0.1) is 4.90 Å². The van der Waals surface area contributed by atoms with E-state index in [1.165, 1.54) is 10.4 Å². The number of piperazine rings is 1. The molecule has 1 saturated heterocycles. The van der Waals surface area contributed by atoms with Gasteiger partial charge in [-0.25, -0.2) is 8.42 Å². The zero-order valence-corrected chi connectivity index (χ0v) is 15.9. The fourth-order valence-electron chi connectivity index (χ4n) is 2.68. The van der Waals surface area contributed by atoms with Crippen LogP contribution in [0.5, 0.6) is 0 Å². The summed E-state index contributed by atoms with van der Waals surface area (Å²) in [7, 11) is -3.51. The van der Waals surface area contributed by atoms with Crippen molar-refractivity contribution in [3.05, 3.63) is 54.1 Å². The van der Waals surface area contributed by atoms with Crippen LogP contribution in [0.25, 0.3) is 0 Å². The van der Waals surface area contributed by atoms with Crippen LogP contribution >= 0.6 is 0 Å². The van der Waals surface area contributed by atoms with Crippen LogP contribution in [0.1, 0.15) is 32.3 Å². The van der Waals surface area contributed by atoms with E-state index in [0.29, 0.717) is 37.0 Å². The Morgan fingerprint density at radius 2 is 1.64 bits per heavy atom. The van der Waals surface area contributed by atoms with Crippen LogP contribution in [0, 0.1) is 0 Å². The SMILES string of the molecule is CC=CC=CC(=O)N1CCN(S(=O)(=O)c2ccc(C(C)C)cc2)CC1. The molecule has 6 heteroatoms. The average molecular weight is 362 g/mol. The molecule has 0 aromatic heterocycles. The first kappa shape index (κ1) is 19.4. The van der Waals surface area contributed by atoms with Gasteiger partial charge in [0.2, 0.25) is 15.9 Å². The number of sulfonamides is 1. The van der Waals surface area contributed by atoms with Gasteiger partial charge in [-0.3, -0.25) is 4.79 Å². The summed E-state index contributed by atoms with van der Waals surface area (Å²) < 4.78 is 27.0. The van der Waals surface area contributed by atoms with E-state index in [1.807, 2.05) is 25.1 Å². The predicted octanol–water partition coefficient (Wildman–Crippen LogP) is 2.78. The molecule has 2 rings (SSSR count). The van der Waals surface area contributed by atoms with Crippen LogP contribution in [0.3, 0.4) is 0 Å². The van der Waals surface area contributed by atoms with Crippen molar-refractivity contribution in [2.75, 3.05) is 26.2 Å². The second kappa shape index (κ2) is 8.45. The van der Waals surface area contributed by atoms with Crippen LogP contribution in [-0.4, -0.2) is 49.7 Å². The summed E-state index contributed by atoms with van der Waals surface area (Å²) in [6, 6.07) is 7.07. The minimum Gasteiger partial charge on any atom is -0.337 e. The monoisotopic (exact) mass is 362 g/mol. The normalized spacial score (nSPS) is 17.0. The molecule has 0 unspecified atom stereocenters. The fraction of sp³-hybridized carbons (Fsp3) is 0.421. The molecule has 136 valence electrons. The first-order valence-corrected chi connectivity index (χ1v) is 9.98. The van der Waals surface area contributed by atoms with Gasteiger partial charge in [-0.1, -0.05) is 44.2 Å². The highest BCUT2D eigenvalue weighted by Gasteiger charge is 2.29. The molecule has 1 heterocycles. The van der Waals surface area contributed by atoms with Crippen molar-refractivity contribution in [2.24, 2.45) is 0 Å². The lowest BCUT2D eigenvalue weighted by molar-refractivity contribution is -0.127. The fourth-order valence-corrected chi connectivity index (χ4v) is 4.10. The maximum absolute atomic E-state index is 12.8. The number of benzene rings is 1. The molecule has 0 N–H and O–H groups in total. The Morgan fingerprint density at radius 3 is 2.16 bits per heavy atom. The molecular weight excluding hydrogens is 336 g/mol. The van der Waals surface area contributed by atoms with Crippen molar-refractivity contribution in [3.8, 4) is 0 Å². The van der Waals surface area contributed by atoms with Crippen molar-refractivity contribution < 1.29 is 13.2 Å². The molecule has 0 saturated carbocycles. The van der Waals surface area contributed by atoms with Gasteiger partial charge in [0.1, 0.15) is 0 Å². The van der Waals surface area contributed by atoms with E-state index in [2.05, 4.69) is 13.8 Å². The summed E-state index contributed by atoms with van der Waals surface area (Å²) in [5, 5.41) is 0. The number of hydrogen-bond acceptors (Lipinski definition) is 3. The van der Waals surface area contributed by atoms with Gasteiger partial charge in [0, 0.05) is 32.3 Å². The van der Waals surface area contributed by atoms with Gasteiger partial charge in [0.15, 0.2) is 0 Å². The van der Waals surface area contributed by atoms with Gasteiger partial charge in [-0.15, -0.1) is 0 Å². The molecule has 5 nitrogen and oxygen atoms in total. The van der Waals surface area contributed by atoms with Gasteiger partial charge >= 0.3 is 0 Å². The number of nitrogens with zero attached hydrogens (tertiary/aromatic N) is 2. The second-order valence-corrected chi connectivity index (χ2v) is 8.28. The molecule has 1 aromatic carbocycles. The number of allylic oxidation sites excluding steroid dienone is 3. The Labute approximate surface area is 150 Å². The summed E-state index contributed by atoms with van der Waals surface area (Å²) in [6.07, 6.45) is 6.84. The summed E-state index contributed by atoms with van der Waals surface area (Å²) in [5.74, 6) is 0.276. The van der Waals surface area contributed by atoms with Gasteiger partial charge in [-0.2, -0.15) is 4.31 Å². The molecule has 0 spiro atoms. The van der Waals surface area contributed by atoms with Crippen LogP contribution in [0.2, 0.25) is 0 Å². The van der Waals surface area contributed by atoms with E-state index in [0.717, 1.165) is 5.56 Å². The van der Waals surface area contributed by atoms with Crippen LogP contribution in [-0.2, 0) is 14.8 Å². The lowest BCUT2D eigenvalue weighted by Crippen LogP contribution is -2.50. The maximum atomic E-state index is 12.8. The third-order valence-electron chi connectivity index (χ3n) is 4.28. The highest BCUT2D eigenvalue weighted by Crippen LogP contribution is 2.21. The van der Waals surface area contributed by atoms with Crippen molar-refractivity contribution in [2.45, 2.75) is 31.6 Å². The molecule has 1 aliphatic heterocycles. The molecule has 0 radical (unpaired) electrons. The van der Waals surface area contributed by atoms with E-state index in [1.54, 1.807) is 29.2 Å². The molecule has 1 amide bonds. The number of rotatable bonds is 5. The topological polar surface area (TPSA) is 57.7 Å². The van der Waals surface area contributed by atoms with E-state index < -0.39 is 10.0 Å². The first-order valence-electron chi connectivity index (χ1n) is 8.54. The van der Waals surface area contributed by atoms with Crippen molar-refractivity contribution in [1.82, 2.24) is 9.21 Å². The Balaban J connectivity index is 2.02. The average Bonchev–Trinajstić information content (AvgIpc) is 2.62. The van der Waals surface area contributed by atoms with Crippen molar-refractivity contribution in [1.29, 1.82) is 0 Å². The summed E-state index contributed by atoms with van der Waals surface area (Å²) in [5.41, 5.74) is 1.11. The second-order valence-electron chi connectivity index (χ2n) is 6.34. The number of amides is 1. The van der Waals surface area contributed by atoms with E-state index in [-0.39, 0.29) is 5.91 Å². The molecule has 1 aromatic rings. The zero-order chi connectivity index (χ0) is 18.4.